The van der Waals surface area contributed by atoms with Crippen molar-refractivity contribution in [3.05, 3.63) is 71.8 Å². The number of hydrogen-bond donors (Lipinski definition) is 1. The van der Waals surface area contributed by atoms with Crippen LogP contribution in [-0.2, 0) is 11.0 Å². The summed E-state index contributed by atoms with van der Waals surface area (Å²) in [6.07, 6.45) is 17.7. The van der Waals surface area contributed by atoms with Crippen molar-refractivity contribution in [1.82, 2.24) is 0 Å². The summed E-state index contributed by atoms with van der Waals surface area (Å²) >= 11 is 0. The first-order chi connectivity index (χ1) is 13.5. The molecule has 0 aliphatic heterocycles. The Kier molecular flexibility index (Phi) is 4.28. The van der Waals surface area contributed by atoms with Gasteiger partial charge in [-0.05, 0) is 90.3 Å². The van der Waals surface area contributed by atoms with E-state index in [1.165, 1.54) is 62.1 Å². The van der Waals surface area contributed by atoms with Gasteiger partial charge in [0, 0.05) is 5.92 Å². The second-order valence-corrected chi connectivity index (χ2v) is 9.75. The van der Waals surface area contributed by atoms with Crippen molar-refractivity contribution < 1.29 is 0 Å². The van der Waals surface area contributed by atoms with Gasteiger partial charge < -0.3 is 5.73 Å². The molecule has 1 spiro atoms. The van der Waals surface area contributed by atoms with E-state index in [1.54, 1.807) is 11.1 Å². The molecule has 2 N–H and O–H groups in total. The summed E-state index contributed by atoms with van der Waals surface area (Å²) in [7, 11) is 0. The first-order valence-electron chi connectivity index (χ1n) is 11.2. The Morgan fingerprint density at radius 1 is 1.11 bits per heavy atom. The van der Waals surface area contributed by atoms with E-state index < -0.39 is 5.54 Å². The normalized spacial score (nSPS) is 28.9. The van der Waals surface area contributed by atoms with E-state index in [2.05, 4.69) is 49.1 Å². The maximum Gasteiger partial charge on any atom is 0.0564 e. The highest BCUT2D eigenvalue weighted by Gasteiger charge is 2.47. The highest BCUT2D eigenvalue weighted by molar-refractivity contribution is 5.86. The Balaban J connectivity index is 1.73. The fraction of sp³-hybridized carbons (Fsp3) is 0.481. The van der Waals surface area contributed by atoms with Gasteiger partial charge in [0.25, 0.3) is 0 Å². The van der Waals surface area contributed by atoms with Crippen LogP contribution in [0.2, 0.25) is 0 Å². The summed E-state index contributed by atoms with van der Waals surface area (Å²) < 4.78 is 0. The van der Waals surface area contributed by atoms with E-state index >= 15 is 0 Å². The predicted molar refractivity (Wildman–Crippen MR) is 120 cm³/mol. The summed E-state index contributed by atoms with van der Waals surface area (Å²) in [6.45, 7) is 5.98. The minimum Gasteiger partial charge on any atom is -0.318 e. The van der Waals surface area contributed by atoms with Crippen molar-refractivity contribution in [1.29, 1.82) is 0 Å². The number of hydrogen-bond acceptors (Lipinski definition) is 1. The lowest BCUT2D eigenvalue weighted by Gasteiger charge is -2.47. The SMILES string of the molecule is C=CC(C)(N)c1ccc2cc3c(cc2c1)C1(CCCC1)C1CCC/C=C/C3C1. The fourth-order valence-corrected chi connectivity index (χ4v) is 6.39. The number of rotatable bonds is 2. The van der Waals surface area contributed by atoms with Crippen molar-refractivity contribution in [3.63, 3.8) is 0 Å². The molecule has 146 valence electrons. The lowest BCUT2D eigenvalue weighted by atomic mass is 9.57. The van der Waals surface area contributed by atoms with Crippen molar-refractivity contribution in [2.45, 2.75) is 75.2 Å². The third kappa shape index (κ3) is 2.70. The van der Waals surface area contributed by atoms with Crippen LogP contribution in [-0.4, -0.2) is 0 Å². The van der Waals surface area contributed by atoms with Crippen LogP contribution in [0.25, 0.3) is 10.8 Å². The topological polar surface area (TPSA) is 26.0 Å². The fourth-order valence-electron chi connectivity index (χ4n) is 6.39. The molecule has 0 amide bonds. The van der Waals surface area contributed by atoms with Gasteiger partial charge in [-0.1, -0.05) is 55.3 Å². The van der Waals surface area contributed by atoms with Gasteiger partial charge in [0.1, 0.15) is 0 Å². The smallest absolute Gasteiger partial charge is 0.0564 e. The molecular formula is C27H33N. The van der Waals surface area contributed by atoms with Gasteiger partial charge in [0.2, 0.25) is 0 Å². The summed E-state index contributed by atoms with van der Waals surface area (Å²) in [5, 5.41) is 2.70. The van der Waals surface area contributed by atoms with Crippen LogP contribution in [0.5, 0.6) is 0 Å². The van der Waals surface area contributed by atoms with E-state index in [1.807, 2.05) is 13.0 Å². The number of allylic oxidation sites excluding steroid dienone is 2. The molecule has 1 nitrogen and oxygen atoms in total. The molecule has 0 radical (unpaired) electrons. The Hall–Kier alpha value is -1.86. The van der Waals surface area contributed by atoms with E-state index in [4.69, 9.17) is 5.73 Å². The molecule has 5 rings (SSSR count). The Morgan fingerprint density at radius 2 is 1.93 bits per heavy atom. The summed E-state index contributed by atoms with van der Waals surface area (Å²) in [6, 6.07) is 11.8. The van der Waals surface area contributed by atoms with Crippen LogP contribution in [0.15, 0.2) is 55.1 Å². The first kappa shape index (κ1) is 18.2. The molecule has 0 aromatic heterocycles. The van der Waals surface area contributed by atoms with Gasteiger partial charge in [-0.2, -0.15) is 0 Å². The third-order valence-corrected chi connectivity index (χ3v) is 8.10. The summed E-state index contributed by atoms with van der Waals surface area (Å²) in [5.41, 5.74) is 10.8. The van der Waals surface area contributed by atoms with Crippen molar-refractivity contribution in [2.24, 2.45) is 11.7 Å². The van der Waals surface area contributed by atoms with Gasteiger partial charge >= 0.3 is 0 Å². The zero-order valence-corrected chi connectivity index (χ0v) is 17.2. The van der Waals surface area contributed by atoms with E-state index in [0.29, 0.717) is 11.3 Å². The van der Waals surface area contributed by atoms with Gasteiger partial charge in [-0.15, -0.1) is 6.58 Å². The van der Waals surface area contributed by atoms with Crippen LogP contribution in [0, 0.1) is 5.92 Å². The molecule has 1 fully saturated rings. The highest BCUT2D eigenvalue weighted by Crippen LogP contribution is 2.57. The lowest BCUT2D eigenvalue weighted by molar-refractivity contribution is 0.208. The Labute approximate surface area is 169 Å². The second kappa shape index (κ2) is 6.59. The zero-order valence-electron chi connectivity index (χ0n) is 17.2. The standard InChI is InChI=1S/C27H33N/c1-3-26(2,28)22-12-11-19-17-24-20-9-5-4-6-10-23(15-20)27(13-7-8-14-27)25(24)18-21(19)16-22/h3,5,9,11-12,16-18,20,23H,1,4,6-8,10,13-15,28H2,2H3/b9-5+. The average Bonchev–Trinajstić information content (AvgIpc) is 3.16. The first-order valence-corrected chi connectivity index (χ1v) is 11.2. The Bertz CT molecular complexity index is 942. The number of benzene rings is 2. The van der Waals surface area contributed by atoms with E-state index in [0.717, 1.165) is 11.5 Å². The van der Waals surface area contributed by atoms with Gasteiger partial charge in [0.05, 0.1) is 5.54 Å². The predicted octanol–water partition coefficient (Wildman–Crippen LogP) is 6.86. The minimum atomic E-state index is -0.482. The van der Waals surface area contributed by atoms with Gasteiger partial charge in [-0.3, -0.25) is 0 Å². The average molecular weight is 372 g/mol. The van der Waals surface area contributed by atoms with Crippen LogP contribution >= 0.6 is 0 Å². The van der Waals surface area contributed by atoms with E-state index in [-0.39, 0.29) is 0 Å². The number of nitrogens with two attached hydrogens (primary N) is 1. The lowest BCUT2D eigenvalue weighted by Crippen LogP contribution is -2.39. The molecule has 3 aliphatic rings. The molecule has 1 heteroatoms. The molecular weight excluding hydrogens is 338 g/mol. The Morgan fingerprint density at radius 3 is 2.71 bits per heavy atom. The minimum absolute atomic E-state index is 0.422. The van der Waals surface area contributed by atoms with Crippen LogP contribution in [0.4, 0.5) is 0 Å². The van der Waals surface area contributed by atoms with Crippen molar-refractivity contribution in [3.8, 4) is 0 Å². The molecule has 3 atom stereocenters. The molecule has 1 saturated carbocycles. The monoisotopic (exact) mass is 371 g/mol. The van der Waals surface area contributed by atoms with Crippen LogP contribution < -0.4 is 5.73 Å². The number of fused-ring (bicyclic) bond motifs is 7. The maximum atomic E-state index is 6.47. The van der Waals surface area contributed by atoms with E-state index in [9.17, 15) is 0 Å². The van der Waals surface area contributed by atoms with Crippen LogP contribution in [0.1, 0.15) is 80.9 Å². The molecule has 28 heavy (non-hydrogen) atoms. The van der Waals surface area contributed by atoms with Gasteiger partial charge in [0.15, 0.2) is 0 Å². The summed E-state index contributed by atoms with van der Waals surface area (Å²) in [4.78, 5) is 0. The molecule has 0 saturated heterocycles. The van der Waals surface area contributed by atoms with Crippen molar-refractivity contribution >= 4 is 10.8 Å². The second-order valence-electron chi connectivity index (χ2n) is 9.75. The molecule has 3 aliphatic carbocycles. The molecule has 3 unspecified atom stereocenters. The molecule has 0 heterocycles. The largest absolute Gasteiger partial charge is 0.318 e. The zero-order chi connectivity index (χ0) is 19.4. The van der Waals surface area contributed by atoms with Crippen molar-refractivity contribution in [2.75, 3.05) is 0 Å². The summed E-state index contributed by atoms with van der Waals surface area (Å²) in [5.74, 6) is 1.45. The molecule has 2 aromatic rings. The van der Waals surface area contributed by atoms with Crippen LogP contribution in [0.3, 0.4) is 0 Å². The molecule has 2 bridgehead atoms. The maximum absolute atomic E-state index is 6.47. The highest BCUT2D eigenvalue weighted by atomic mass is 14.7. The third-order valence-electron chi connectivity index (χ3n) is 8.10. The molecule has 2 aromatic carbocycles. The quantitative estimate of drug-likeness (QED) is 0.574. The van der Waals surface area contributed by atoms with Gasteiger partial charge in [-0.25, -0.2) is 0 Å².